The van der Waals surface area contributed by atoms with E-state index in [1.807, 2.05) is 0 Å². The lowest BCUT2D eigenvalue weighted by atomic mass is 10.1. The molecule has 222 valence electrons. The lowest BCUT2D eigenvalue weighted by Crippen LogP contribution is -2.54. The van der Waals surface area contributed by atoms with Crippen molar-refractivity contribution in [3.63, 3.8) is 0 Å². The van der Waals surface area contributed by atoms with Crippen molar-refractivity contribution in [3.8, 4) is 0 Å². The van der Waals surface area contributed by atoms with Crippen molar-refractivity contribution >= 4 is 39.3 Å². The zero-order valence-corrected chi connectivity index (χ0v) is 24.4. The first-order valence-electron chi connectivity index (χ1n) is 13.7. The molecule has 2 aromatic rings. The average Bonchev–Trinajstić information content (AvgIpc) is 3.61. The number of likely N-dealkylation sites (tertiary alicyclic amines) is 2. The van der Waals surface area contributed by atoms with Crippen LogP contribution in [0, 0.1) is 0 Å². The summed E-state index contributed by atoms with van der Waals surface area (Å²) in [5, 5.41) is 3.38. The summed E-state index contributed by atoms with van der Waals surface area (Å²) in [4.78, 5) is 43.1. The Morgan fingerprint density at radius 1 is 1.05 bits per heavy atom. The van der Waals surface area contributed by atoms with Crippen molar-refractivity contribution in [1.29, 1.82) is 0 Å². The third-order valence-electron chi connectivity index (χ3n) is 7.46. The zero-order chi connectivity index (χ0) is 29.6. The number of rotatable bonds is 11. The van der Waals surface area contributed by atoms with Gasteiger partial charge < -0.3 is 26.6 Å². The standard InChI is InChI=1S/C28H37ClN6O5S/c29-22-9-8-20(15-30)21(13-22)16-32-27(37)25-7-4-11-35(25)28(38)24(14-26(36)34-12-10-23(31)17-34)33-41(39,40)18-19-5-2-1-3-6-19/h1-3,5-6,8-9,13,23-25,33H,4,7,10-12,14-18,30-31H2,(H,32,37). The molecule has 3 unspecified atom stereocenters. The Labute approximate surface area is 245 Å². The molecule has 0 aliphatic carbocycles. The lowest BCUT2D eigenvalue weighted by Gasteiger charge is -2.29. The number of sulfonamides is 1. The molecule has 0 bridgehead atoms. The molecule has 11 nitrogen and oxygen atoms in total. The molecule has 13 heteroatoms. The highest BCUT2D eigenvalue weighted by Crippen LogP contribution is 2.22. The predicted molar refractivity (Wildman–Crippen MR) is 156 cm³/mol. The third-order valence-corrected chi connectivity index (χ3v) is 9.05. The van der Waals surface area contributed by atoms with Gasteiger partial charge in [-0.15, -0.1) is 0 Å². The summed E-state index contributed by atoms with van der Waals surface area (Å²) in [6.07, 6.45) is 1.24. The highest BCUT2D eigenvalue weighted by molar-refractivity contribution is 7.88. The largest absolute Gasteiger partial charge is 0.350 e. The Kier molecular flexibility index (Phi) is 10.4. The Bertz CT molecular complexity index is 1360. The van der Waals surface area contributed by atoms with Crippen LogP contribution >= 0.6 is 11.6 Å². The number of carbonyl (C=O) groups excluding carboxylic acids is 3. The molecule has 2 aliphatic heterocycles. The van der Waals surface area contributed by atoms with Crippen LogP contribution in [0.25, 0.3) is 0 Å². The van der Waals surface area contributed by atoms with Crippen molar-refractivity contribution in [2.75, 3.05) is 19.6 Å². The maximum atomic E-state index is 13.8. The fourth-order valence-corrected chi connectivity index (χ4v) is 6.84. The van der Waals surface area contributed by atoms with Crippen LogP contribution < -0.4 is 21.5 Å². The smallest absolute Gasteiger partial charge is 0.243 e. The number of nitrogens with one attached hydrogen (secondary N) is 2. The minimum absolute atomic E-state index is 0.159. The van der Waals surface area contributed by atoms with Gasteiger partial charge in [0.15, 0.2) is 0 Å². The molecule has 3 amide bonds. The van der Waals surface area contributed by atoms with Gasteiger partial charge in [0.1, 0.15) is 12.1 Å². The summed E-state index contributed by atoms with van der Waals surface area (Å²) in [7, 11) is -4.00. The van der Waals surface area contributed by atoms with E-state index >= 15 is 0 Å². The van der Waals surface area contributed by atoms with Crippen molar-refractivity contribution < 1.29 is 22.8 Å². The number of nitrogens with zero attached hydrogens (tertiary/aromatic N) is 2. The Morgan fingerprint density at radius 2 is 1.80 bits per heavy atom. The molecule has 4 rings (SSSR count). The molecule has 41 heavy (non-hydrogen) atoms. The van der Waals surface area contributed by atoms with E-state index in [1.54, 1.807) is 53.4 Å². The summed E-state index contributed by atoms with van der Waals surface area (Å²) < 4.78 is 28.7. The van der Waals surface area contributed by atoms with E-state index in [0.717, 1.165) is 11.1 Å². The highest BCUT2D eigenvalue weighted by atomic mass is 35.5. The molecule has 0 aromatic heterocycles. The number of nitrogens with two attached hydrogens (primary N) is 2. The van der Waals surface area contributed by atoms with E-state index in [9.17, 15) is 22.8 Å². The summed E-state index contributed by atoms with van der Waals surface area (Å²) in [6, 6.07) is 11.5. The van der Waals surface area contributed by atoms with Crippen LogP contribution in [0.5, 0.6) is 0 Å². The fourth-order valence-electron chi connectivity index (χ4n) is 5.31. The quantitative estimate of drug-likeness (QED) is 0.295. The second-order valence-electron chi connectivity index (χ2n) is 10.5. The third kappa shape index (κ3) is 8.26. The van der Waals surface area contributed by atoms with E-state index in [-0.39, 0.29) is 49.7 Å². The Morgan fingerprint density at radius 3 is 2.49 bits per heavy atom. The fraction of sp³-hybridized carbons (Fsp3) is 0.464. The molecule has 3 atom stereocenters. The van der Waals surface area contributed by atoms with Gasteiger partial charge >= 0.3 is 0 Å². The van der Waals surface area contributed by atoms with Crippen LogP contribution in [-0.2, 0) is 43.2 Å². The topological polar surface area (TPSA) is 168 Å². The number of amides is 3. The van der Waals surface area contributed by atoms with Crippen molar-refractivity contribution in [2.24, 2.45) is 11.5 Å². The summed E-state index contributed by atoms with van der Waals surface area (Å²) >= 11 is 6.12. The number of halogens is 1. The molecule has 2 aromatic carbocycles. The van der Waals surface area contributed by atoms with Gasteiger partial charge in [-0.05, 0) is 48.1 Å². The van der Waals surface area contributed by atoms with Gasteiger partial charge in [0.2, 0.25) is 27.7 Å². The molecular weight excluding hydrogens is 568 g/mol. The molecule has 2 saturated heterocycles. The van der Waals surface area contributed by atoms with Gasteiger partial charge in [-0.25, -0.2) is 13.1 Å². The van der Waals surface area contributed by atoms with Gasteiger partial charge in [-0.3, -0.25) is 14.4 Å². The van der Waals surface area contributed by atoms with E-state index in [0.29, 0.717) is 42.9 Å². The van der Waals surface area contributed by atoms with Crippen LogP contribution in [0.4, 0.5) is 0 Å². The van der Waals surface area contributed by atoms with Gasteiger partial charge in [-0.1, -0.05) is 48.0 Å². The number of hydrogen-bond donors (Lipinski definition) is 4. The first-order chi connectivity index (χ1) is 19.6. The molecule has 0 spiro atoms. The van der Waals surface area contributed by atoms with Crippen LogP contribution in [0.2, 0.25) is 5.02 Å². The minimum Gasteiger partial charge on any atom is -0.350 e. The zero-order valence-electron chi connectivity index (χ0n) is 22.8. The van der Waals surface area contributed by atoms with Gasteiger partial charge in [0, 0.05) is 43.8 Å². The Hall–Kier alpha value is -3.03. The number of hydrogen-bond acceptors (Lipinski definition) is 7. The number of benzene rings is 2. The van der Waals surface area contributed by atoms with Gasteiger partial charge in [-0.2, -0.15) is 0 Å². The van der Waals surface area contributed by atoms with Crippen molar-refractivity contribution in [1.82, 2.24) is 19.8 Å². The van der Waals surface area contributed by atoms with Crippen molar-refractivity contribution in [2.45, 2.75) is 62.7 Å². The van der Waals surface area contributed by atoms with Gasteiger partial charge in [0.05, 0.1) is 12.2 Å². The lowest BCUT2D eigenvalue weighted by molar-refractivity contribution is -0.142. The molecule has 6 N–H and O–H groups in total. The normalized spacial score (nSPS) is 19.8. The second kappa shape index (κ2) is 13.8. The van der Waals surface area contributed by atoms with Crippen LogP contribution in [0.3, 0.4) is 0 Å². The van der Waals surface area contributed by atoms with Crippen molar-refractivity contribution in [3.05, 3.63) is 70.2 Å². The second-order valence-corrected chi connectivity index (χ2v) is 12.7. The van der Waals surface area contributed by atoms with Crippen LogP contribution in [0.15, 0.2) is 48.5 Å². The van der Waals surface area contributed by atoms with Crippen LogP contribution in [0.1, 0.15) is 42.4 Å². The minimum atomic E-state index is -4.00. The van der Waals surface area contributed by atoms with Gasteiger partial charge in [0.25, 0.3) is 0 Å². The first-order valence-corrected chi connectivity index (χ1v) is 15.7. The molecule has 0 radical (unpaired) electrons. The summed E-state index contributed by atoms with van der Waals surface area (Å²) in [6.45, 7) is 1.50. The first kappa shape index (κ1) is 30.9. The van der Waals surface area contributed by atoms with Crippen LogP contribution in [-0.4, -0.2) is 73.7 Å². The highest BCUT2D eigenvalue weighted by Gasteiger charge is 2.40. The SMILES string of the molecule is NCc1ccc(Cl)cc1CNC(=O)C1CCCN1C(=O)C(CC(=O)N1CCC(N)C1)NS(=O)(=O)Cc1ccccc1. The average molecular weight is 605 g/mol. The maximum absolute atomic E-state index is 13.8. The van der Waals surface area contributed by atoms with E-state index in [1.165, 1.54) is 4.90 Å². The van der Waals surface area contributed by atoms with E-state index < -0.39 is 28.0 Å². The molecule has 2 fully saturated rings. The van der Waals surface area contributed by atoms with E-state index in [4.69, 9.17) is 23.1 Å². The molecular formula is C28H37ClN6O5S. The monoisotopic (exact) mass is 604 g/mol. The Balaban J connectivity index is 1.49. The van der Waals surface area contributed by atoms with E-state index in [2.05, 4.69) is 10.0 Å². The number of carbonyl (C=O) groups is 3. The summed E-state index contributed by atoms with van der Waals surface area (Å²) in [5.74, 6) is -1.70. The molecule has 0 saturated carbocycles. The maximum Gasteiger partial charge on any atom is 0.243 e. The summed E-state index contributed by atoms with van der Waals surface area (Å²) in [5.41, 5.74) is 13.9. The molecule has 2 aliphatic rings. The molecule has 2 heterocycles. The predicted octanol–water partition coefficient (Wildman–Crippen LogP) is 0.844.